The third kappa shape index (κ3) is 6.26. The van der Waals surface area contributed by atoms with E-state index in [1.54, 1.807) is 12.1 Å². The Morgan fingerprint density at radius 1 is 0.980 bits per heavy atom. The zero-order valence-corrected chi connectivity index (χ0v) is 32.8. The lowest BCUT2D eigenvalue weighted by Crippen LogP contribution is -2.51. The lowest BCUT2D eigenvalue weighted by molar-refractivity contribution is 0.108. The number of nitrogens with one attached hydrogen (secondary N) is 1. The number of piperazine rings is 1. The molecule has 6 heterocycles. The van der Waals surface area contributed by atoms with Crippen molar-refractivity contribution < 1.29 is 14.6 Å². The number of hydrogen-bond acceptors (Lipinski definition) is 10. The second-order valence-corrected chi connectivity index (χ2v) is 22.8. The number of nitrogens with zero attached hydrogens (tertiary/aromatic N) is 5. The molecule has 0 aliphatic carbocycles. The minimum atomic E-state index is -1.98. The normalized spacial score (nSPS) is 21.6. The number of hydrogen-bond donors (Lipinski definition) is 2. The minimum absolute atomic E-state index is 0.104. The van der Waals surface area contributed by atoms with Crippen molar-refractivity contribution >= 4 is 46.3 Å². The Kier molecular flexibility index (Phi) is 9.18. The van der Waals surface area contributed by atoms with Gasteiger partial charge in [0.1, 0.15) is 31.7 Å². The van der Waals surface area contributed by atoms with E-state index in [1.807, 2.05) is 12.1 Å². The summed E-state index contributed by atoms with van der Waals surface area (Å²) in [6, 6.07) is 10.9. The molecule has 270 valence electrons. The van der Waals surface area contributed by atoms with Gasteiger partial charge in [-0.2, -0.15) is 15.0 Å². The standard InChI is InChI=1S/C40H52N6O3SSi/c1-25(2)51(26(3)4,27(5)6)19-14-28-10-7-11-29-20-32(47)21-33(34(28)29)49-39-42-35-36(45-22-30-12-13-31(23-45)41-30)43-38(44-37(35)50-39)48-24-40-15-8-17-46(40)18-9-16-40/h7,10-11,20-21,25-27,30-31,41,47H,8-9,12-13,15-18,22-24H2,1-6H3. The Morgan fingerprint density at radius 3 is 2.37 bits per heavy atom. The van der Waals surface area contributed by atoms with E-state index in [4.69, 9.17) is 24.4 Å². The number of fused-ring (bicyclic) bond motifs is 5. The number of rotatable bonds is 9. The molecule has 9 nitrogen and oxygen atoms in total. The van der Waals surface area contributed by atoms with Crippen LogP contribution >= 0.6 is 11.3 Å². The fourth-order valence-electron chi connectivity index (χ4n) is 9.99. The van der Waals surface area contributed by atoms with Crippen LogP contribution in [-0.2, 0) is 0 Å². The molecule has 0 saturated carbocycles. The summed E-state index contributed by atoms with van der Waals surface area (Å²) in [5.41, 5.74) is 7.19. The highest BCUT2D eigenvalue weighted by Crippen LogP contribution is 2.44. The van der Waals surface area contributed by atoms with Gasteiger partial charge in [-0.05, 0) is 85.8 Å². The van der Waals surface area contributed by atoms with Gasteiger partial charge in [0.25, 0.3) is 5.19 Å². The van der Waals surface area contributed by atoms with Crippen molar-refractivity contribution in [3.63, 3.8) is 0 Å². The molecule has 2 aromatic heterocycles. The van der Waals surface area contributed by atoms with E-state index in [0.717, 1.165) is 58.7 Å². The molecule has 4 saturated heterocycles. The summed E-state index contributed by atoms with van der Waals surface area (Å²) in [6.07, 6.45) is 7.13. The SMILES string of the molecule is CC(C)[Si](C#Cc1cccc2cc(O)cc(Oc3nc4c(N5CC6CCC(C5)N6)nc(OCC56CCCN5CCC6)nc4s3)c12)(C(C)C)C(C)C. The monoisotopic (exact) mass is 724 g/mol. The maximum atomic E-state index is 10.8. The van der Waals surface area contributed by atoms with Crippen LogP contribution in [0.4, 0.5) is 5.82 Å². The lowest BCUT2D eigenvalue weighted by Gasteiger charge is -2.38. The summed E-state index contributed by atoms with van der Waals surface area (Å²) >= 11 is 1.40. The van der Waals surface area contributed by atoms with Crippen molar-refractivity contribution in [1.29, 1.82) is 0 Å². The average molecular weight is 725 g/mol. The fourth-order valence-corrected chi connectivity index (χ4v) is 16.0. The molecule has 0 spiro atoms. The van der Waals surface area contributed by atoms with Gasteiger partial charge in [0.05, 0.1) is 5.54 Å². The van der Waals surface area contributed by atoms with Crippen molar-refractivity contribution in [2.24, 2.45) is 0 Å². The predicted octanol–water partition coefficient (Wildman–Crippen LogP) is 8.25. The van der Waals surface area contributed by atoms with E-state index in [0.29, 0.717) is 52.3 Å². The largest absolute Gasteiger partial charge is 0.508 e. The zero-order chi connectivity index (χ0) is 35.5. The van der Waals surface area contributed by atoms with Crippen molar-refractivity contribution in [2.75, 3.05) is 37.7 Å². The van der Waals surface area contributed by atoms with Gasteiger partial charge in [-0.25, -0.2) is 0 Å². The minimum Gasteiger partial charge on any atom is -0.508 e. The van der Waals surface area contributed by atoms with E-state index in [9.17, 15) is 5.11 Å². The molecular weight excluding hydrogens is 673 g/mol. The highest BCUT2D eigenvalue weighted by atomic mass is 32.1. The zero-order valence-electron chi connectivity index (χ0n) is 31.0. The van der Waals surface area contributed by atoms with Gasteiger partial charge in [-0.1, -0.05) is 70.9 Å². The summed E-state index contributed by atoms with van der Waals surface area (Å²) in [6.45, 7) is 18.7. The molecule has 0 radical (unpaired) electrons. The molecule has 0 amide bonds. The first-order valence-electron chi connectivity index (χ1n) is 19.1. The molecule has 2 bridgehead atoms. The molecule has 2 atom stereocenters. The number of aromatic hydroxyl groups is 1. The molecular formula is C40H52N6O3SSi. The van der Waals surface area contributed by atoms with Gasteiger partial charge >= 0.3 is 6.01 Å². The summed E-state index contributed by atoms with van der Waals surface area (Å²) < 4.78 is 13.2. The molecule has 8 rings (SSSR count). The third-order valence-electron chi connectivity index (χ3n) is 12.4. The smallest absolute Gasteiger partial charge is 0.319 e. The van der Waals surface area contributed by atoms with E-state index < -0.39 is 8.07 Å². The van der Waals surface area contributed by atoms with Crippen molar-refractivity contribution in [1.82, 2.24) is 25.2 Å². The number of aromatic nitrogens is 3. The highest BCUT2D eigenvalue weighted by Gasteiger charge is 2.45. The molecule has 11 heteroatoms. The summed E-state index contributed by atoms with van der Waals surface area (Å²) in [5.74, 6) is 5.14. The lowest BCUT2D eigenvalue weighted by atomic mass is 9.95. The first-order valence-corrected chi connectivity index (χ1v) is 22.1. The maximum absolute atomic E-state index is 10.8. The van der Waals surface area contributed by atoms with E-state index in [1.165, 1.54) is 49.9 Å². The Labute approximate surface area is 307 Å². The molecule has 51 heavy (non-hydrogen) atoms. The topological polar surface area (TPSA) is 95.9 Å². The second kappa shape index (κ2) is 13.5. The molecule has 4 aromatic rings. The molecule has 2 unspecified atom stereocenters. The van der Waals surface area contributed by atoms with Crippen LogP contribution in [0.15, 0.2) is 30.3 Å². The van der Waals surface area contributed by atoms with Gasteiger partial charge in [0.15, 0.2) is 10.6 Å². The van der Waals surface area contributed by atoms with Crippen LogP contribution in [-0.4, -0.2) is 83.4 Å². The molecule has 2 aromatic carbocycles. The Balaban J connectivity index is 1.18. The Hall–Kier alpha value is -3.43. The van der Waals surface area contributed by atoms with Crippen LogP contribution in [0.3, 0.4) is 0 Å². The average Bonchev–Trinajstić information content (AvgIpc) is 3.86. The van der Waals surface area contributed by atoms with Crippen LogP contribution < -0.4 is 19.7 Å². The van der Waals surface area contributed by atoms with E-state index in [-0.39, 0.29) is 11.3 Å². The van der Waals surface area contributed by atoms with Crippen LogP contribution in [0.25, 0.3) is 21.1 Å². The van der Waals surface area contributed by atoms with Crippen molar-refractivity contribution in [3.05, 3.63) is 35.9 Å². The Bertz CT molecular complexity index is 1960. The van der Waals surface area contributed by atoms with Gasteiger partial charge in [0, 0.05) is 42.2 Å². The van der Waals surface area contributed by atoms with Crippen LogP contribution in [0, 0.1) is 11.5 Å². The van der Waals surface area contributed by atoms with Gasteiger partial charge < -0.3 is 24.8 Å². The number of phenols is 1. The number of anilines is 1. The van der Waals surface area contributed by atoms with Gasteiger partial charge in [0.2, 0.25) is 0 Å². The highest BCUT2D eigenvalue weighted by molar-refractivity contribution is 7.19. The second-order valence-electron chi connectivity index (χ2n) is 16.3. The summed E-state index contributed by atoms with van der Waals surface area (Å²) in [7, 11) is -1.98. The number of thiazole rings is 1. The van der Waals surface area contributed by atoms with Gasteiger partial charge in [-0.15, -0.1) is 5.54 Å². The van der Waals surface area contributed by atoms with E-state index in [2.05, 4.69) is 74.2 Å². The summed E-state index contributed by atoms with van der Waals surface area (Å²) in [5, 5.41) is 16.8. The molecule has 2 N–H and O–H groups in total. The molecule has 4 aliphatic rings. The first kappa shape index (κ1) is 34.6. The maximum Gasteiger partial charge on any atom is 0.319 e. The molecule has 4 aliphatic heterocycles. The number of ether oxygens (including phenoxy) is 2. The van der Waals surface area contributed by atoms with Crippen LogP contribution in [0.1, 0.15) is 85.6 Å². The van der Waals surface area contributed by atoms with E-state index >= 15 is 0 Å². The number of benzene rings is 2. The predicted molar refractivity (Wildman–Crippen MR) is 209 cm³/mol. The van der Waals surface area contributed by atoms with Crippen LogP contribution in [0.2, 0.25) is 16.6 Å². The molecule has 4 fully saturated rings. The quantitative estimate of drug-likeness (QED) is 0.131. The number of phenolic OH excluding ortho intramolecular Hbond substituents is 1. The Morgan fingerprint density at radius 2 is 1.69 bits per heavy atom. The van der Waals surface area contributed by atoms with Gasteiger partial charge in [-0.3, -0.25) is 4.90 Å². The first-order chi connectivity index (χ1) is 24.5. The van der Waals surface area contributed by atoms with Crippen molar-refractivity contribution in [3.8, 4) is 34.2 Å². The third-order valence-corrected chi connectivity index (χ3v) is 19.5. The summed E-state index contributed by atoms with van der Waals surface area (Å²) in [4.78, 5) is 20.7. The van der Waals surface area contributed by atoms with Crippen molar-refractivity contribution in [2.45, 2.75) is 114 Å². The fraction of sp³-hybridized carbons (Fsp3) is 0.575. The van der Waals surface area contributed by atoms with Crippen LogP contribution in [0.5, 0.6) is 22.7 Å².